The van der Waals surface area contributed by atoms with Gasteiger partial charge in [-0.15, -0.1) is 0 Å². The van der Waals surface area contributed by atoms with Crippen LogP contribution in [0.2, 0.25) is 0 Å². The molecule has 152 valence electrons. The molecule has 2 aliphatic heterocycles. The highest BCUT2D eigenvalue weighted by Crippen LogP contribution is 2.28. The quantitative estimate of drug-likeness (QED) is 0.226. The van der Waals surface area contributed by atoms with Crippen LogP contribution in [-0.2, 0) is 19.0 Å². The molecule has 0 aliphatic carbocycles. The van der Waals surface area contributed by atoms with Gasteiger partial charge in [-0.2, -0.15) is 0 Å². The Morgan fingerprint density at radius 2 is 1.54 bits per heavy atom. The molecule has 0 spiro atoms. The minimum Gasteiger partial charge on any atom is -0.394 e. The van der Waals surface area contributed by atoms with E-state index >= 15 is 0 Å². The summed E-state index contributed by atoms with van der Waals surface area (Å²) in [6.07, 6.45) is -13.6. The molecule has 2 heterocycles. The smallest absolute Gasteiger partial charge is 0.217 e. The van der Waals surface area contributed by atoms with Crippen LogP contribution in [0.5, 0.6) is 0 Å². The maximum Gasteiger partial charge on any atom is 0.217 e. The van der Waals surface area contributed by atoms with Crippen molar-refractivity contribution in [1.82, 2.24) is 5.32 Å². The van der Waals surface area contributed by atoms with Gasteiger partial charge >= 0.3 is 0 Å². The zero-order chi connectivity index (χ0) is 19.6. The third-order valence-electron chi connectivity index (χ3n) is 4.38. The van der Waals surface area contributed by atoms with Crippen molar-refractivity contribution in [3.05, 3.63) is 0 Å². The zero-order valence-corrected chi connectivity index (χ0v) is 14.0. The Kier molecular flexibility index (Phi) is 7.27. The molecule has 0 saturated carbocycles. The molecule has 0 unspecified atom stereocenters. The Hall–Kier alpha value is -0.930. The molecule has 0 aromatic heterocycles. The number of hydrogen-bond donors (Lipinski definition) is 8. The summed E-state index contributed by atoms with van der Waals surface area (Å²) in [5.41, 5.74) is 0. The second-order valence-corrected chi connectivity index (χ2v) is 6.26. The minimum absolute atomic E-state index is 0.564. The van der Waals surface area contributed by atoms with Crippen molar-refractivity contribution in [3.63, 3.8) is 0 Å². The lowest BCUT2D eigenvalue weighted by Crippen LogP contribution is -2.67. The van der Waals surface area contributed by atoms with Crippen LogP contribution >= 0.6 is 0 Å². The normalized spacial score (nSPS) is 46.8. The van der Waals surface area contributed by atoms with E-state index in [1.807, 2.05) is 0 Å². The molecule has 1 amide bonds. The summed E-state index contributed by atoms with van der Waals surface area (Å²) in [6.45, 7) is -0.195. The average molecular weight is 383 g/mol. The minimum atomic E-state index is -1.73. The number of aliphatic hydroxyl groups is 7. The Bertz CT molecular complexity index is 478. The van der Waals surface area contributed by atoms with E-state index in [2.05, 4.69) is 5.32 Å². The van der Waals surface area contributed by atoms with E-state index < -0.39 is 80.5 Å². The number of carbonyl (C=O) groups excluding carboxylic acids is 1. The third-order valence-corrected chi connectivity index (χ3v) is 4.38. The molecule has 0 aromatic rings. The van der Waals surface area contributed by atoms with Crippen LogP contribution in [-0.4, -0.2) is 116 Å². The lowest BCUT2D eigenvalue weighted by atomic mass is 9.95. The zero-order valence-electron chi connectivity index (χ0n) is 14.0. The first kappa shape index (κ1) is 21.4. The highest BCUT2D eigenvalue weighted by molar-refractivity contribution is 5.73. The first-order chi connectivity index (χ1) is 12.2. The average Bonchev–Trinajstić information content (AvgIpc) is 2.60. The van der Waals surface area contributed by atoms with Gasteiger partial charge in [-0.3, -0.25) is 4.79 Å². The topological polar surface area (TPSA) is 198 Å². The number of carbonyl (C=O) groups is 1. The van der Waals surface area contributed by atoms with Gasteiger partial charge < -0.3 is 55.3 Å². The Morgan fingerprint density at radius 1 is 0.923 bits per heavy atom. The molecule has 0 bridgehead atoms. The summed E-state index contributed by atoms with van der Waals surface area (Å²) in [5.74, 6) is -0.564. The van der Waals surface area contributed by atoms with Crippen LogP contribution in [0.3, 0.4) is 0 Å². The molecule has 2 rings (SSSR count). The van der Waals surface area contributed by atoms with E-state index in [1.54, 1.807) is 0 Å². The van der Waals surface area contributed by atoms with Crippen LogP contribution in [0, 0.1) is 0 Å². The van der Waals surface area contributed by atoms with Crippen molar-refractivity contribution >= 4 is 5.91 Å². The van der Waals surface area contributed by atoms with Gasteiger partial charge in [0.2, 0.25) is 5.91 Å². The van der Waals surface area contributed by atoms with E-state index in [0.29, 0.717) is 0 Å². The summed E-state index contributed by atoms with van der Waals surface area (Å²) in [7, 11) is 0. The molecule has 0 aromatic carbocycles. The van der Waals surface area contributed by atoms with Crippen molar-refractivity contribution in [1.29, 1.82) is 0 Å². The standard InChI is InChI=1S/C14H25NO11/c1-4(18)15-7-9(20)12(6(3-17)24-13(7)23)26-14-11(22)10(21)8(19)5(2-16)25-14/h5-14,16-17,19-23H,2-3H2,1H3,(H,15,18)/t5-,6+,7-,8-,9+,10+,11-,12-,13-,14+/m1/s1. The van der Waals surface area contributed by atoms with Gasteiger partial charge in [0.15, 0.2) is 12.6 Å². The fourth-order valence-corrected chi connectivity index (χ4v) is 2.98. The molecule has 12 nitrogen and oxygen atoms in total. The summed E-state index contributed by atoms with van der Waals surface area (Å²) >= 11 is 0. The Morgan fingerprint density at radius 3 is 2.08 bits per heavy atom. The van der Waals surface area contributed by atoms with Gasteiger partial charge in [-0.25, -0.2) is 0 Å². The van der Waals surface area contributed by atoms with Crippen LogP contribution in [0.1, 0.15) is 6.92 Å². The predicted octanol–water partition coefficient (Wildman–Crippen LogP) is -5.25. The number of rotatable bonds is 5. The molecular formula is C14H25NO11. The van der Waals surface area contributed by atoms with Crippen LogP contribution in [0.4, 0.5) is 0 Å². The van der Waals surface area contributed by atoms with E-state index in [0.717, 1.165) is 6.92 Å². The Balaban J connectivity index is 2.16. The molecule has 26 heavy (non-hydrogen) atoms. The number of nitrogens with one attached hydrogen (secondary N) is 1. The summed E-state index contributed by atoms with van der Waals surface area (Å²) in [6, 6.07) is -1.29. The van der Waals surface area contributed by atoms with Crippen molar-refractivity contribution < 1.29 is 54.8 Å². The summed E-state index contributed by atoms with van der Waals surface area (Å²) < 4.78 is 15.7. The SMILES string of the molecule is CC(=O)N[C@@H]1[C@H](O)[C@H](O[C@@H]2O[C@H](CO)[C@@H](O)[C@H](O)[C@H]2O)[C@H](CO)O[C@H]1O. The predicted molar refractivity (Wildman–Crippen MR) is 80.2 cm³/mol. The van der Waals surface area contributed by atoms with E-state index in [9.17, 15) is 40.5 Å². The van der Waals surface area contributed by atoms with Gasteiger partial charge in [0.05, 0.1) is 13.2 Å². The summed E-state index contributed by atoms with van der Waals surface area (Å²) in [4.78, 5) is 11.2. The molecule has 2 aliphatic rings. The van der Waals surface area contributed by atoms with Gasteiger partial charge in [-0.1, -0.05) is 0 Å². The number of amides is 1. The number of hydrogen-bond acceptors (Lipinski definition) is 11. The van der Waals surface area contributed by atoms with Gasteiger partial charge in [0, 0.05) is 6.92 Å². The monoisotopic (exact) mass is 383 g/mol. The lowest BCUT2D eigenvalue weighted by molar-refractivity contribution is -0.345. The Labute approximate surface area is 148 Å². The van der Waals surface area contributed by atoms with Crippen LogP contribution in [0.15, 0.2) is 0 Å². The molecule has 2 fully saturated rings. The van der Waals surface area contributed by atoms with Crippen molar-refractivity contribution in [3.8, 4) is 0 Å². The maximum absolute atomic E-state index is 11.2. The van der Waals surface area contributed by atoms with Crippen LogP contribution < -0.4 is 5.32 Å². The highest BCUT2D eigenvalue weighted by Gasteiger charge is 2.50. The number of ether oxygens (including phenoxy) is 3. The van der Waals surface area contributed by atoms with Gasteiger partial charge in [0.1, 0.15) is 48.8 Å². The highest BCUT2D eigenvalue weighted by atomic mass is 16.7. The number of aliphatic hydroxyl groups excluding tert-OH is 7. The lowest BCUT2D eigenvalue weighted by Gasteiger charge is -2.46. The van der Waals surface area contributed by atoms with E-state index in [4.69, 9.17) is 14.2 Å². The molecular weight excluding hydrogens is 358 g/mol. The maximum atomic E-state index is 11.2. The largest absolute Gasteiger partial charge is 0.394 e. The molecule has 2 saturated heterocycles. The molecule has 0 radical (unpaired) electrons. The fourth-order valence-electron chi connectivity index (χ4n) is 2.98. The van der Waals surface area contributed by atoms with Gasteiger partial charge in [-0.05, 0) is 0 Å². The first-order valence-corrected chi connectivity index (χ1v) is 8.06. The molecule has 8 N–H and O–H groups in total. The molecule has 12 heteroatoms. The fraction of sp³-hybridized carbons (Fsp3) is 0.929. The summed E-state index contributed by atoms with van der Waals surface area (Å²) in [5, 5.41) is 70.7. The van der Waals surface area contributed by atoms with E-state index in [-0.39, 0.29) is 0 Å². The van der Waals surface area contributed by atoms with Gasteiger partial charge in [0.25, 0.3) is 0 Å². The van der Waals surface area contributed by atoms with Crippen molar-refractivity contribution in [2.45, 2.75) is 68.3 Å². The van der Waals surface area contributed by atoms with Crippen molar-refractivity contribution in [2.75, 3.05) is 13.2 Å². The first-order valence-electron chi connectivity index (χ1n) is 8.06. The third kappa shape index (κ3) is 4.31. The second kappa shape index (κ2) is 8.84. The molecule has 10 atom stereocenters. The van der Waals surface area contributed by atoms with Crippen molar-refractivity contribution in [2.24, 2.45) is 0 Å². The van der Waals surface area contributed by atoms with Crippen LogP contribution in [0.25, 0.3) is 0 Å². The van der Waals surface area contributed by atoms with E-state index in [1.165, 1.54) is 0 Å². The second-order valence-electron chi connectivity index (χ2n) is 6.26.